The van der Waals surface area contributed by atoms with Crippen molar-refractivity contribution in [3.05, 3.63) is 64.6 Å². The fraction of sp³-hybridized carbons (Fsp3) is 0.188. The van der Waals surface area contributed by atoms with Crippen LogP contribution in [-0.2, 0) is 4.79 Å². The number of anilines is 1. The predicted octanol–water partition coefficient (Wildman–Crippen LogP) is 4.98. The van der Waals surface area contributed by atoms with Gasteiger partial charge >= 0.3 is 0 Å². The van der Waals surface area contributed by atoms with Crippen molar-refractivity contribution in [2.24, 2.45) is 5.92 Å². The zero-order chi connectivity index (χ0) is 15.0. The van der Waals surface area contributed by atoms with Crippen LogP contribution in [0.3, 0.4) is 0 Å². The van der Waals surface area contributed by atoms with Crippen molar-refractivity contribution in [1.82, 2.24) is 0 Å². The molecular formula is C16H12BrCl2NO. The number of hydrogen-bond donors (Lipinski definition) is 1. The Morgan fingerprint density at radius 2 is 1.81 bits per heavy atom. The van der Waals surface area contributed by atoms with E-state index in [9.17, 15) is 4.79 Å². The van der Waals surface area contributed by atoms with Gasteiger partial charge in [0.05, 0.1) is 5.92 Å². The maximum atomic E-state index is 12.4. The minimum Gasteiger partial charge on any atom is -0.326 e. The van der Waals surface area contributed by atoms with Gasteiger partial charge in [-0.3, -0.25) is 4.79 Å². The Morgan fingerprint density at radius 3 is 2.48 bits per heavy atom. The SMILES string of the molecule is O=C(Nc1cccc(Br)c1)[C@@H]1[C@@H](c2ccccc2)C1(Cl)Cl. The van der Waals surface area contributed by atoms with E-state index in [0.717, 1.165) is 15.7 Å². The Hall–Kier alpha value is -1.03. The maximum Gasteiger partial charge on any atom is 0.231 e. The molecule has 2 aromatic rings. The Kier molecular flexibility index (Phi) is 4.00. The molecule has 3 rings (SSSR count). The second kappa shape index (κ2) is 5.64. The van der Waals surface area contributed by atoms with Gasteiger partial charge in [0.15, 0.2) is 0 Å². The number of carbonyl (C=O) groups excluding carboxylic acids is 1. The van der Waals surface area contributed by atoms with Gasteiger partial charge in [0.2, 0.25) is 5.91 Å². The molecule has 1 N–H and O–H groups in total. The van der Waals surface area contributed by atoms with Gasteiger partial charge in [0, 0.05) is 16.1 Å². The number of carbonyl (C=O) groups is 1. The third-order valence-corrected chi connectivity index (χ3v) is 5.02. The lowest BCUT2D eigenvalue weighted by Crippen LogP contribution is -2.17. The van der Waals surface area contributed by atoms with Crippen LogP contribution in [0.25, 0.3) is 0 Å². The van der Waals surface area contributed by atoms with Crippen molar-refractivity contribution in [2.75, 3.05) is 5.32 Å². The van der Waals surface area contributed by atoms with Crippen LogP contribution in [0.2, 0.25) is 0 Å². The molecule has 0 saturated heterocycles. The van der Waals surface area contributed by atoms with E-state index in [-0.39, 0.29) is 11.8 Å². The molecule has 0 bridgehead atoms. The first kappa shape index (κ1) is 14.9. The van der Waals surface area contributed by atoms with E-state index < -0.39 is 10.3 Å². The topological polar surface area (TPSA) is 29.1 Å². The molecule has 2 nitrogen and oxygen atoms in total. The summed E-state index contributed by atoms with van der Waals surface area (Å²) >= 11 is 16.0. The fourth-order valence-electron chi connectivity index (χ4n) is 2.51. The number of nitrogens with one attached hydrogen (secondary N) is 1. The first-order chi connectivity index (χ1) is 10.00. The molecule has 5 heteroatoms. The van der Waals surface area contributed by atoms with E-state index in [1.165, 1.54) is 0 Å². The van der Waals surface area contributed by atoms with E-state index in [1.54, 1.807) is 0 Å². The number of benzene rings is 2. The smallest absolute Gasteiger partial charge is 0.231 e. The van der Waals surface area contributed by atoms with Gasteiger partial charge in [0.1, 0.15) is 4.33 Å². The Morgan fingerprint density at radius 1 is 1.10 bits per heavy atom. The van der Waals surface area contributed by atoms with E-state index in [0.29, 0.717) is 0 Å². The first-order valence-electron chi connectivity index (χ1n) is 6.49. The third-order valence-electron chi connectivity index (χ3n) is 3.59. The van der Waals surface area contributed by atoms with Crippen molar-refractivity contribution in [2.45, 2.75) is 10.3 Å². The number of rotatable bonds is 3. The zero-order valence-electron chi connectivity index (χ0n) is 10.9. The molecule has 0 unspecified atom stereocenters. The summed E-state index contributed by atoms with van der Waals surface area (Å²) < 4.78 is -0.143. The Bertz CT molecular complexity index is 675. The summed E-state index contributed by atoms with van der Waals surface area (Å²) in [6.07, 6.45) is 0. The molecule has 1 aliphatic carbocycles. The molecule has 1 aliphatic rings. The van der Waals surface area contributed by atoms with Gasteiger partial charge in [0.25, 0.3) is 0 Å². The normalized spacial score (nSPS) is 22.6. The minimum absolute atomic E-state index is 0.160. The number of halogens is 3. The summed E-state index contributed by atoms with van der Waals surface area (Å²) in [7, 11) is 0. The van der Waals surface area contributed by atoms with Crippen LogP contribution in [0.1, 0.15) is 11.5 Å². The lowest BCUT2D eigenvalue weighted by atomic mass is 10.1. The molecule has 2 atom stereocenters. The summed E-state index contributed by atoms with van der Waals surface area (Å²) in [5.41, 5.74) is 1.70. The van der Waals surface area contributed by atoms with E-state index in [1.807, 2.05) is 54.6 Å². The molecule has 0 radical (unpaired) electrons. The lowest BCUT2D eigenvalue weighted by molar-refractivity contribution is -0.117. The molecule has 0 aromatic heterocycles. The van der Waals surface area contributed by atoms with Crippen molar-refractivity contribution in [3.8, 4) is 0 Å². The standard InChI is InChI=1S/C16H12BrCl2NO/c17-11-7-4-8-12(9-11)20-15(21)14-13(16(14,18)19)10-5-2-1-3-6-10/h1-9,13-14H,(H,20,21)/t13-,14+/m1/s1. The average Bonchev–Trinajstić information content (AvgIpc) is 3.03. The molecular weight excluding hydrogens is 373 g/mol. The van der Waals surface area contributed by atoms with E-state index in [2.05, 4.69) is 21.2 Å². The number of hydrogen-bond acceptors (Lipinski definition) is 1. The molecule has 108 valence electrons. The van der Waals surface area contributed by atoms with Gasteiger partial charge in [-0.05, 0) is 23.8 Å². The van der Waals surface area contributed by atoms with Crippen LogP contribution in [0.15, 0.2) is 59.1 Å². The molecule has 0 spiro atoms. The minimum atomic E-state index is -1.04. The summed E-state index contributed by atoms with van der Waals surface area (Å²) in [5, 5.41) is 2.86. The van der Waals surface area contributed by atoms with Crippen LogP contribution >= 0.6 is 39.1 Å². The van der Waals surface area contributed by atoms with Crippen molar-refractivity contribution >= 4 is 50.7 Å². The molecule has 2 aromatic carbocycles. The average molecular weight is 385 g/mol. The lowest BCUT2D eigenvalue weighted by Gasteiger charge is -2.05. The number of alkyl halides is 2. The van der Waals surface area contributed by atoms with Gasteiger partial charge in [-0.1, -0.05) is 52.3 Å². The van der Waals surface area contributed by atoms with Crippen molar-refractivity contribution < 1.29 is 4.79 Å². The zero-order valence-corrected chi connectivity index (χ0v) is 14.0. The van der Waals surface area contributed by atoms with Crippen LogP contribution < -0.4 is 5.32 Å². The van der Waals surface area contributed by atoms with Crippen LogP contribution in [-0.4, -0.2) is 10.2 Å². The van der Waals surface area contributed by atoms with Crippen molar-refractivity contribution in [1.29, 1.82) is 0 Å². The van der Waals surface area contributed by atoms with E-state index in [4.69, 9.17) is 23.2 Å². The van der Waals surface area contributed by atoms with Gasteiger partial charge in [-0.2, -0.15) is 0 Å². The highest BCUT2D eigenvalue weighted by molar-refractivity contribution is 9.10. The summed E-state index contributed by atoms with van der Waals surface area (Å²) in [5.74, 6) is -0.775. The quantitative estimate of drug-likeness (QED) is 0.743. The fourth-order valence-corrected chi connectivity index (χ4v) is 3.74. The monoisotopic (exact) mass is 383 g/mol. The predicted molar refractivity (Wildman–Crippen MR) is 89.9 cm³/mol. The third kappa shape index (κ3) is 2.96. The summed E-state index contributed by atoms with van der Waals surface area (Å²) in [4.78, 5) is 12.4. The van der Waals surface area contributed by atoms with Gasteiger partial charge in [-0.25, -0.2) is 0 Å². The number of amides is 1. The highest BCUT2D eigenvalue weighted by Gasteiger charge is 2.67. The molecule has 21 heavy (non-hydrogen) atoms. The Labute approximate surface area is 141 Å². The van der Waals surface area contributed by atoms with Crippen LogP contribution in [0.4, 0.5) is 5.69 Å². The Balaban J connectivity index is 1.77. The second-order valence-corrected chi connectivity index (χ2v) is 7.40. The molecule has 1 amide bonds. The van der Waals surface area contributed by atoms with Crippen LogP contribution in [0.5, 0.6) is 0 Å². The maximum absolute atomic E-state index is 12.4. The van der Waals surface area contributed by atoms with Gasteiger partial charge < -0.3 is 5.32 Å². The van der Waals surface area contributed by atoms with Crippen molar-refractivity contribution in [3.63, 3.8) is 0 Å². The molecule has 0 heterocycles. The molecule has 0 aliphatic heterocycles. The molecule has 1 saturated carbocycles. The first-order valence-corrected chi connectivity index (χ1v) is 8.04. The molecule has 1 fully saturated rings. The van der Waals surface area contributed by atoms with Crippen LogP contribution in [0, 0.1) is 5.92 Å². The second-order valence-electron chi connectivity index (χ2n) is 5.04. The van der Waals surface area contributed by atoms with E-state index >= 15 is 0 Å². The highest BCUT2D eigenvalue weighted by Crippen LogP contribution is 2.65. The van der Waals surface area contributed by atoms with Gasteiger partial charge in [-0.15, -0.1) is 23.2 Å². The summed E-state index contributed by atoms with van der Waals surface area (Å²) in [6.45, 7) is 0. The summed E-state index contributed by atoms with van der Waals surface area (Å²) in [6, 6.07) is 17.1. The largest absolute Gasteiger partial charge is 0.326 e. The highest BCUT2D eigenvalue weighted by atomic mass is 79.9.